The highest BCUT2D eigenvalue weighted by atomic mass is 79.9. The number of methoxy groups -OCH3 is 1. The number of carbonyl (C=O) groups is 1. The van der Waals surface area contributed by atoms with Crippen LogP contribution in [-0.4, -0.2) is 30.9 Å². The maximum Gasteiger partial charge on any atom is 0.275 e. The number of hydrazone groups is 1. The lowest BCUT2D eigenvalue weighted by atomic mass is 10.2. The Morgan fingerprint density at radius 1 is 1.29 bits per heavy atom. The third-order valence-electron chi connectivity index (χ3n) is 3.07. The van der Waals surface area contributed by atoms with Crippen molar-refractivity contribution in [3.63, 3.8) is 0 Å². The van der Waals surface area contributed by atoms with Crippen LogP contribution < -0.4 is 14.9 Å². The predicted molar refractivity (Wildman–Crippen MR) is 95.0 cm³/mol. The second kappa shape index (κ2) is 8.35. The summed E-state index contributed by atoms with van der Waals surface area (Å²) in [6.07, 6.45) is 1.48. The van der Waals surface area contributed by atoms with Gasteiger partial charge < -0.3 is 14.6 Å². The van der Waals surface area contributed by atoms with E-state index in [4.69, 9.17) is 9.47 Å². The van der Waals surface area contributed by atoms with Crippen molar-refractivity contribution < 1.29 is 19.4 Å². The van der Waals surface area contributed by atoms with Crippen LogP contribution in [0.15, 0.2) is 46.0 Å². The fourth-order valence-electron chi connectivity index (χ4n) is 1.96. The summed E-state index contributed by atoms with van der Waals surface area (Å²) in [5.74, 6) is 0.592. The minimum atomic E-state index is -0.511. The Bertz CT molecular complexity index is 762. The van der Waals surface area contributed by atoms with Crippen LogP contribution in [-0.2, 0) is 0 Å². The largest absolute Gasteiger partial charge is 0.507 e. The van der Waals surface area contributed by atoms with Gasteiger partial charge in [0.05, 0.1) is 25.5 Å². The van der Waals surface area contributed by atoms with Crippen LogP contribution >= 0.6 is 15.9 Å². The number of phenols is 1. The number of amides is 1. The summed E-state index contributed by atoms with van der Waals surface area (Å²) in [7, 11) is 1.57. The van der Waals surface area contributed by atoms with Crippen molar-refractivity contribution in [3.05, 3.63) is 52.0 Å². The molecule has 0 spiro atoms. The van der Waals surface area contributed by atoms with Gasteiger partial charge in [-0.3, -0.25) is 4.79 Å². The van der Waals surface area contributed by atoms with Gasteiger partial charge in [0, 0.05) is 4.47 Å². The molecule has 0 atom stereocenters. The number of hydrogen-bond donors (Lipinski definition) is 2. The molecule has 2 aromatic carbocycles. The second-order valence-corrected chi connectivity index (χ2v) is 5.62. The minimum absolute atomic E-state index is 0.117. The molecular weight excluding hydrogens is 376 g/mol. The van der Waals surface area contributed by atoms with Gasteiger partial charge >= 0.3 is 0 Å². The molecule has 1 amide bonds. The molecule has 6 nitrogen and oxygen atoms in total. The molecule has 0 heterocycles. The summed E-state index contributed by atoms with van der Waals surface area (Å²) in [4.78, 5) is 12.0. The Kier molecular flexibility index (Phi) is 6.20. The van der Waals surface area contributed by atoms with Gasteiger partial charge in [-0.15, -0.1) is 0 Å². The number of halogens is 1. The maximum absolute atomic E-state index is 12.0. The van der Waals surface area contributed by atoms with Gasteiger partial charge in [0.2, 0.25) is 0 Å². The molecule has 0 aliphatic rings. The number of benzene rings is 2. The van der Waals surface area contributed by atoms with Gasteiger partial charge in [-0.1, -0.05) is 15.9 Å². The third-order valence-corrected chi connectivity index (χ3v) is 3.56. The van der Waals surface area contributed by atoms with Crippen molar-refractivity contribution in [2.45, 2.75) is 6.92 Å². The second-order valence-electron chi connectivity index (χ2n) is 4.70. The maximum atomic E-state index is 12.0. The number of phenolic OH excluding ortho intramolecular Hbond substituents is 1. The summed E-state index contributed by atoms with van der Waals surface area (Å²) >= 11 is 3.25. The number of ether oxygens (including phenoxy) is 2. The van der Waals surface area contributed by atoms with Gasteiger partial charge in [-0.2, -0.15) is 5.10 Å². The average molecular weight is 393 g/mol. The van der Waals surface area contributed by atoms with Gasteiger partial charge in [0.15, 0.2) is 11.5 Å². The third kappa shape index (κ3) is 4.48. The van der Waals surface area contributed by atoms with Gasteiger partial charge in [0.1, 0.15) is 5.75 Å². The van der Waals surface area contributed by atoms with Crippen LogP contribution in [0.5, 0.6) is 17.2 Å². The lowest BCUT2D eigenvalue weighted by Gasteiger charge is -2.09. The molecule has 0 aromatic heterocycles. The highest BCUT2D eigenvalue weighted by Crippen LogP contribution is 2.27. The Morgan fingerprint density at radius 2 is 2.08 bits per heavy atom. The summed E-state index contributed by atoms with van der Waals surface area (Å²) in [6, 6.07) is 9.89. The van der Waals surface area contributed by atoms with E-state index in [9.17, 15) is 9.90 Å². The van der Waals surface area contributed by atoms with E-state index in [2.05, 4.69) is 26.5 Å². The van der Waals surface area contributed by atoms with Crippen LogP contribution in [0, 0.1) is 0 Å². The molecule has 0 saturated carbocycles. The first-order valence-corrected chi connectivity index (χ1v) is 7.97. The van der Waals surface area contributed by atoms with Crippen molar-refractivity contribution in [1.82, 2.24) is 5.43 Å². The molecule has 0 fully saturated rings. The molecule has 0 unspecified atom stereocenters. The zero-order valence-electron chi connectivity index (χ0n) is 13.2. The average Bonchev–Trinajstić information content (AvgIpc) is 2.57. The molecule has 0 aliphatic heterocycles. The van der Waals surface area contributed by atoms with Gasteiger partial charge in [0.25, 0.3) is 5.91 Å². The number of rotatable bonds is 6. The predicted octanol–water partition coefficient (Wildman–Crippen LogP) is 3.33. The van der Waals surface area contributed by atoms with E-state index in [1.54, 1.807) is 31.4 Å². The van der Waals surface area contributed by atoms with E-state index < -0.39 is 5.91 Å². The SMILES string of the molecule is CCOc1cc(/C=N\NC(=O)c2cc(Br)ccc2O)ccc1OC. The Hall–Kier alpha value is -2.54. The molecule has 2 aromatic rings. The molecule has 2 rings (SSSR count). The van der Waals surface area contributed by atoms with Crippen LogP contribution in [0.2, 0.25) is 0 Å². The summed E-state index contributed by atoms with van der Waals surface area (Å²) in [6.45, 7) is 2.39. The smallest absolute Gasteiger partial charge is 0.275 e. The van der Waals surface area contributed by atoms with E-state index >= 15 is 0 Å². The first-order valence-electron chi connectivity index (χ1n) is 7.18. The number of nitrogens with one attached hydrogen (secondary N) is 1. The lowest BCUT2D eigenvalue weighted by molar-refractivity contribution is 0.0952. The molecule has 0 aliphatic carbocycles. The van der Waals surface area contributed by atoms with E-state index in [1.165, 1.54) is 18.3 Å². The molecule has 2 N–H and O–H groups in total. The van der Waals surface area contributed by atoms with Crippen LogP contribution in [0.25, 0.3) is 0 Å². The number of carbonyl (C=O) groups excluding carboxylic acids is 1. The van der Waals surface area contributed by atoms with Gasteiger partial charge in [-0.05, 0) is 48.9 Å². The lowest BCUT2D eigenvalue weighted by Crippen LogP contribution is -2.17. The van der Waals surface area contributed by atoms with Crippen molar-refractivity contribution in [2.75, 3.05) is 13.7 Å². The Balaban J connectivity index is 2.09. The van der Waals surface area contributed by atoms with Crippen LogP contribution in [0.3, 0.4) is 0 Å². The molecule has 0 bridgehead atoms. The van der Waals surface area contributed by atoms with E-state index in [0.717, 1.165) is 5.56 Å². The zero-order chi connectivity index (χ0) is 17.5. The summed E-state index contributed by atoms with van der Waals surface area (Å²) < 4.78 is 11.4. The number of aromatic hydroxyl groups is 1. The first kappa shape index (κ1) is 17.8. The number of nitrogens with zero attached hydrogens (tertiary/aromatic N) is 1. The van der Waals surface area contributed by atoms with Crippen molar-refractivity contribution in [3.8, 4) is 17.2 Å². The Labute approximate surface area is 148 Å². The quantitative estimate of drug-likeness (QED) is 0.583. The fraction of sp³-hybridized carbons (Fsp3) is 0.176. The van der Waals surface area contributed by atoms with E-state index in [-0.39, 0.29) is 11.3 Å². The normalized spacial score (nSPS) is 10.6. The minimum Gasteiger partial charge on any atom is -0.507 e. The fourth-order valence-corrected chi connectivity index (χ4v) is 2.32. The van der Waals surface area contributed by atoms with Crippen molar-refractivity contribution in [1.29, 1.82) is 0 Å². The molecule has 0 radical (unpaired) electrons. The molecular formula is C17H17BrN2O4. The molecule has 0 saturated heterocycles. The summed E-state index contributed by atoms with van der Waals surface area (Å²) in [5, 5.41) is 13.6. The number of hydrogen-bond acceptors (Lipinski definition) is 5. The van der Waals surface area contributed by atoms with Crippen molar-refractivity contribution >= 4 is 28.1 Å². The van der Waals surface area contributed by atoms with Crippen molar-refractivity contribution in [2.24, 2.45) is 5.10 Å². The van der Waals surface area contributed by atoms with E-state index in [1.807, 2.05) is 6.92 Å². The highest BCUT2D eigenvalue weighted by molar-refractivity contribution is 9.10. The topological polar surface area (TPSA) is 80.2 Å². The standard InChI is InChI=1S/C17H17BrN2O4/c1-3-24-16-8-11(4-7-15(16)23-2)10-19-20-17(22)13-9-12(18)5-6-14(13)21/h4-10,21H,3H2,1-2H3,(H,20,22)/b19-10-. The van der Waals surface area contributed by atoms with Gasteiger partial charge in [-0.25, -0.2) is 5.43 Å². The van der Waals surface area contributed by atoms with Crippen LogP contribution in [0.4, 0.5) is 0 Å². The molecule has 126 valence electrons. The molecule has 7 heteroatoms. The van der Waals surface area contributed by atoms with Crippen LogP contribution in [0.1, 0.15) is 22.8 Å². The first-order chi connectivity index (χ1) is 11.5. The highest BCUT2D eigenvalue weighted by Gasteiger charge is 2.10. The molecule has 24 heavy (non-hydrogen) atoms. The zero-order valence-corrected chi connectivity index (χ0v) is 14.8. The summed E-state index contributed by atoms with van der Waals surface area (Å²) in [5.41, 5.74) is 3.24. The Morgan fingerprint density at radius 3 is 2.79 bits per heavy atom. The van der Waals surface area contributed by atoms with E-state index in [0.29, 0.717) is 22.6 Å². The monoisotopic (exact) mass is 392 g/mol.